The van der Waals surface area contributed by atoms with Crippen LogP contribution in [0.5, 0.6) is 0 Å². The van der Waals surface area contributed by atoms with E-state index in [2.05, 4.69) is 5.32 Å². The summed E-state index contributed by atoms with van der Waals surface area (Å²) in [4.78, 5) is 14.2. The van der Waals surface area contributed by atoms with Gasteiger partial charge in [0, 0.05) is 31.4 Å². The van der Waals surface area contributed by atoms with Gasteiger partial charge in [-0.05, 0) is 37.1 Å². The van der Waals surface area contributed by atoms with Crippen molar-refractivity contribution in [3.05, 3.63) is 29.8 Å². The topological polar surface area (TPSA) is 32.3 Å². The van der Waals surface area contributed by atoms with Gasteiger partial charge >= 0.3 is 0 Å². The molecule has 0 unspecified atom stereocenters. The molecule has 0 saturated carbocycles. The minimum absolute atomic E-state index is 0.176. The summed E-state index contributed by atoms with van der Waals surface area (Å²) in [5.41, 5.74) is 1.84. The Labute approximate surface area is 103 Å². The Morgan fingerprint density at radius 1 is 1.06 bits per heavy atom. The van der Waals surface area contributed by atoms with Crippen molar-refractivity contribution in [3.8, 4) is 0 Å². The molecule has 1 N–H and O–H groups in total. The first-order chi connectivity index (χ1) is 8.31. The second kappa shape index (κ2) is 5.71. The summed E-state index contributed by atoms with van der Waals surface area (Å²) in [6, 6.07) is 7.70. The third-order valence-electron chi connectivity index (χ3n) is 3.31. The summed E-state index contributed by atoms with van der Waals surface area (Å²) in [6.45, 7) is 1.82. The van der Waals surface area contributed by atoms with Crippen LogP contribution >= 0.6 is 0 Å². The van der Waals surface area contributed by atoms with Crippen molar-refractivity contribution in [2.24, 2.45) is 0 Å². The van der Waals surface area contributed by atoms with Crippen molar-refractivity contribution < 1.29 is 4.79 Å². The first kappa shape index (κ1) is 12.0. The molecule has 1 aliphatic rings. The minimum Gasteiger partial charge on any atom is -0.388 e. The number of carbonyl (C=O) groups is 1. The molecule has 1 amide bonds. The van der Waals surface area contributed by atoms with Gasteiger partial charge in [0.2, 0.25) is 0 Å². The van der Waals surface area contributed by atoms with E-state index in [9.17, 15) is 4.79 Å². The van der Waals surface area contributed by atoms with Crippen LogP contribution in [-0.4, -0.2) is 30.9 Å². The number of likely N-dealkylation sites (tertiary alicyclic amines) is 1. The Hall–Kier alpha value is -1.51. The number of hydrogen-bond donors (Lipinski definition) is 1. The SMILES string of the molecule is CNc1ccc(C(=O)N2CCCCCC2)cc1. The molecule has 0 bridgehead atoms. The van der Waals surface area contributed by atoms with Crippen LogP contribution in [0.3, 0.4) is 0 Å². The number of amides is 1. The zero-order valence-corrected chi connectivity index (χ0v) is 10.4. The molecule has 1 saturated heterocycles. The third kappa shape index (κ3) is 2.99. The van der Waals surface area contributed by atoms with Crippen LogP contribution in [0.25, 0.3) is 0 Å². The van der Waals surface area contributed by atoms with Crippen LogP contribution in [0.2, 0.25) is 0 Å². The lowest BCUT2D eigenvalue weighted by molar-refractivity contribution is 0.0761. The Morgan fingerprint density at radius 3 is 2.18 bits per heavy atom. The number of nitrogens with zero attached hydrogens (tertiary/aromatic N) is 1. The molecule has 0 radical (unpaired) electrons. The maximum Gasteiger partial charge on any atom is 0.253 e. The van der Waals surface area contributed by atoms with Crippen molar-refractivity contribution in [1.29, 1.82) is 0 Å². The number of anilines is 1. The molecule has 1 heterocycles. The summed E-state index contributed by atoms with van der Waals surface area (Å²) >= 11 is 0. The van der Waals surface area contributed by atoms with Gasteiger partial charge in [-0.1, -0.05) is 12.8 Å². The van der Waals surface area contributed by atoms with E-state index in [4.69, 9.17) is 0 Å². The van der Waals surface area contributed by atoms with Gasteiger partial charge in [-0.2, -0.15) is 0 Å². The number of benzene rings is 1. The lowest BCUT2D eigenvalue weighted by Crippen LogP contribution is -2.31. The van der Waals surface area contributed by atoms with Crippen LogP contribution in [0, 0.1) is 0 Å². The van der Waals surface area contributed by atoms with Crippen LogP contribution < -0.4 is 5.32 Å². The fourth-order valence-electron chi connectivity index (χ4n) is 2.24. The average Bonchev–Trinajstić information content (AvgIpc) is 2.67. The lowest BCUT2D eigenvalue weighted by Gasteiger charge is -2.20. The van der Waals surface area contributed by atoms with E-state index >= 15 is 0 Å². The van der Waals surface area contributed by atoms with Crippen LogP contribution in [0.4, 0.5) is 5.69 Å². The van der Waals surface area contributed by atoms with Crippen molar-refractivity contribution >= 4 is 11.6 Å². The molecule has 1 fully saturated rings. The summed E-state index contributed by atoms with van der Waals surface area (Å²) < 4.78 is 0. The van der Waals surface area contributed by atoms with Crippen LogP contribution in [-0.2, 0) is 0 Å². The minimum atomic E-state index is 0.176. The molecule has 0 spiro atoms. The maximum atomic E-state index is 12.3. The van der Waals surface area contributed by atoms with E-state index in [1.54, 1.807) is 0 Å². The Balaban J connectivity index is 2.06. The van der Waals surface area contributed by atoms with Crippen molar-refractivity contribution in [3.63, 3.8) is 0 Å². The Morgan fingerprint density at radius 2 is 1.65 bits per heavy atom. The van der Waals surface area contributed by atoms with Gasteiger partial charge < -0.3 is 10.2 Å². The summed E-state index contributed by atoms with van der Waals surface area (Å²) in [6.07, 6.45) is 4.78. The largest absolute Gasteiger partial charge is 0.388 e. The van der Waals surface area contributed by atoms with E-state index in [0.717, 1.165) is 37.2 Å². The molecule has 0 aromatic heterocycles. The quantitative estimate of drug-likeness (QED) is 0.850. The molecular formula is C14H20N2O. The van der Waals surface area contributed by atoms with E-state index in [0.29, 0.717) is 0 Å². The lowest BCUT2D eigenvalue weighted by atomic mass is 10.1. The molecule has 2 rings (SSSR count). The first-order valence-corrected chi connectivity index (χ1v) is 6.38. The number of nitrogens with one attached hydrogen (secondary N) is 1. The van der Waals surface area contributed by atoms with Crippen molar-refractivity contribution in [2.45, 2.75) is 25.7 Å². The number of rotatable bonds is 2. The molecular weight excluding hydrogens is 212 g/mol. The highest BCUT2D eigenvalue weighted by atomic mass is 16.2. The predicted molar refractivity (Wildman–Crippen MR) is 70.4 cm³/mol. The molecule has 3 heteroatoms. The fourth-order valence-corrected chi connectivity index (χ4v) is 2.24. The summed E-state index contributed by atoms with van der Waals surface area (Å²) in [5, 5.41) is 3.06. The predicted octanol–water partition coefficient (Wildman–Crippen LogP) is 2.74. The molecule has 0 atom stereocenters. The third-order valence-corrected chi connectivity index (χ3v) is 3.31. The number of hydrogen-bond acceptors (Lipinski definition) is 2. The van der Waals surface area contributed by atoms with E-state index in [1.807, 2.05) is 36.2 Å². The average molecular weight is 232 g/mol. The van der Waals surface area contributed by atoms with Gasteiger partial charge in [0.05, 0.1) is 0 Å². The molecule has 92 valence electrons. The highest BCUT2D eigenvalue weighted by Crippen LogP contribution is 2.15. The second-order valence-electron chi connectivity index (χ2n) is 4.53. The Bertz CT molecular complexity index is 364. The van der Waals surface area contributed by atoms with Gasteiger partial charge in [0.1, 0.15) is 0 Å². The summed E-state index contributed by atoms with van der Waals surface area (Å²) in [7, 11) is 1.88. The molecule has 1 aromatic rings. The molecule has 1 aliphatic heterocycles. The van der Waals surface area contributed by atoms with Gasteiger partial charge in [0.25, 0.3) is 5.91 Å². The molecule has 1 aromatic carbocycles. The molecule has 17 heavy (non-hydrogen) atoms. The van der Waals surface area contributed by atoms with Crippen molar-refractivity contribution in [2.75, 3.05) is 25.5 Å². The zero-order chi connectivity index (χ0) is 12.1. The second-order valence-corrected chi connectivity index (χ2v) is 4.53. The van der Waals surface area contributed by atoms with Gasteiger partial charge in [-0.3, -0.25) is 4.79 Å². The van der Waals surface area contributed by atoms with E-state index in [-0.39, 0.29) is 5.91 Å². The number of carbonyl (C=O) groups excluding carboxylic acids is 1. The highest BCUT2D eigenvalue weighted by Gasteiger charge is 2.16. The van der Waals surface area contributed by atoms with Gasteiger partial charge in [0.15, 0.2) is 0 Å². The monoisotopic (exact) mass is 232 g/mol. The summed E-state index contributed by atoms with van der Waals surface area (Å²) in [5.74, 6) is 0.176. The normalized spacial score (nSPS) is 16.4. The Kier molecular flexibility index (Phi) is 4.02. The smallest absolute Gasteiger partial charge is 0.253 e. The highest BCUT2D eigenvalue weighted by molar-refractivity contribution is 5.94. The van der Waals surface area contributed by atoms with E-state index in [1.165, 1.54) is 12.8 Å². The van der Waals surface area contributed by atoms with Crippen LogP contribution in [0.15, 0.2) is 24.3 Å². The van der Waals surface area contributed by atoms with Gasteiger partial charge in [-0.25, -0.2) is 0 Å². The van der Waals surface area contributed by atoms with E-state index < -0.39 is 0 Å². The maximum absolute atomic E-state index is 12.3. The first-order valence-electron chi connectivity index (χ1n) is 6.38. The van der Waals surface area contributed by atoms with Crippen LogP contribution in [0.1, 0.15) is 36.0 Å². The zero-order valence-electron chi connectivity index (χ0n) is 10.4. The fraction of sp³-hybridized carbons (Fsp3) is 0.500. The molecule has 0 aliphatic carbocycles. The molecule has 3 nitrogen and oxygen atoms in total. The standard InChI is InChI=1S/C14H20N2O/c1-15-13-8-6-12(7-9-13)14(17)16-10-4-2-3-5-11-16/h6-9,15H,2-5,10-11H2,1H3. The van der Waals surface area contributed by atoms with Crippen molar-refractivity contribution in [1.82, 2.24) is 4.90 Å². The van der Waals surface area contributed by atoms with Gasteiger partial charge in [-0.15, -0.1) is 0 Å².